The van der Waals surface area contributed by atoms with Gasteiger partial charge in [0.2, 0.25) is 5.75 Å². The van der Waals surface area contributed by atoms with E-state index >= 15 is 0 Å². The van der Waals surface area contributed by atoms with Crippen LogP contribution in [0, 0.1) is 15.9 Å². The minimum Gasteiger partial charge on any atom is -0.474 e. The zero-order chi connectivity index (χ0) is 17.1. The van der Waals surface area contributed by atoms with Crippen molar-refractivity contribution in [1.82, 2.24) is 4.90 Å². The first kappa shape index (κ1) is 17.1. The van der Waals surface area contributed by atoms with Crippen LogP contribution in [0.25, 0.3) is 0 Å². The number of morpholine rings is 1. The van der Waals surface area contributed by atoms with Crippen molar-refractivity contribution in [3.63, 3.8) is 0 Å². The molecule has 0 N–H and O–H groups in total. The van der Waals surface area contributed by atoms with E-state index in [4.69, 9.17) is 9.47 Å². The lowest BCUT2D eigenvalue weighted by Gasteiger charge is -2.36. The number of nitro benzene ring substituents is 1. The molecule has 1 aromatic rings. The second kappa shape index (κ2) is 6.91. The van der Waals surface area contributed by atoms with Gasteiger partial charge in [0.25, 0.3) is 5.91 Å². The van der Waals surface area contributed by atoms with Crippen LogP contribution in [0.5, 0.6) is 5.75 Å². The molecule has 1 amide bonds. The Balaban J connectivity index is 2.12. The second-order valence-electron chi connectivity index (χ2n) is 5.63. The average Bonchev–Trinajstić information content (AvgIpc) is 2.45. The Morgan fingerprint density at radius 3 is 2.61 bits per heavy atom. The van der Waals surface area contributed by atoms with Gasteiger partial charge in [-0.3, -0.25) is 14.9 Å². The molecule has 1 heterocycles. The van der Waals surface area contributed by atoms with E-state index in [0.717, 1.165) is 18.2 Å². The van der Waals surface area contributed by atoms with E-state index in [1.54, 1.807) is 4.90 Å². The molecule has 0 unspecified atom stereocenters. The average molecular weight is 326 g/mol. The Hall–Kier alpha value is -2.22. The highest BCUT2D eigenvalue weighted by molar-refractivity contribution is 5.81. The zero-order valence-corrected chi connectivity index (χ0v) is 13.2. The van der Waals surface area contributed by atoms with Gasteiger partial charge in [-0.05, 0) is 26.8 Å². The van der Waals surface area contributed by atoms with Crippen molar-refractivity contribution in [1.29, 1.82) is 0 Å². The topological polar surface area (TPSA) is 81.9 Å². The van der Waals surface area contributed by atoms with Gasteiger partial charge in [-0.2, -0.15) is 0 Å². The molecule has 1 aliphatic rings. The van der Waals surface area contributed by atoms with Gasteiger partial charge >= 0.3 is 5.69 Å². The number of amides is 1. The van der Waals surface area contributed by atoms with E-state index < -0.39 is 16.8 Å². The summed E-state index contributed by atoms with van der Waals surface area (Å²) < 4.78 is 24.2. The molecule has 1 aliphatic heterocycles. The largest absolute Gasteiger partial charge is 0.474 e. The van der Waals surface area contributed by atoms with Crippen LogP contribution in [0.4, 0.5) is 10.1 Å². The smallest absolute Gasteiger partial charge is 0.311 e. The molecule has 0 bridgehead atoms. The first-order valence-electron chi connectivity index (χ1n) is 7.32. The number of carbonyl (C=O) groups is 1. The standard InChI is InChI=1S/C15H19FN2O5/c1-9-7-17(8-10(2)22-9)15(19)11(3)23-14-6-12(16)4-5-13(14)18(20)21/h4-6,9-11H,7-8H2,1-3H3/t9-,10-,11+/m0/s1. The Bertz CT molecular complexity index is 600. The summed E-state index contributed by atoms with van der Waals surface area (Å²) in [6.07, 6.45) is -1.16. The first-order valence-corrected chi connectivity index (χ1v) is 7.32. The summed E-state index contributed by atoms with van der Waals surface area (Å²) in [5.41, 5.74) is -0.380. The number of ether oxygens (including phenoxy) is 2. The molecular formula is C15H19FN2O5. The minimum atomic E-state index is -0.965. The SMILES string of the molecule is C[C@H]1CN(C(=O)[C@@H](C)Oc2cc(F)ccc2[N+](=O)[O-])C[C@H](C)O1. The summed E-state index contributed by atoms with van der Waals surface area (Å²) in [7, 11) is 0. The number of nitrogens with zero attached hydrogens (tertiary/aromatic N) is 2. The van der Waals surface area contributed by atoms with Gasteiger partial charge in [0, 0.05) is 25.2 Å². The van der Waals surface area contributed by atoms with E-state index in [9.17, 15) is 19.3 Å². The maximum atomic E-state index is 13.3. The molecule has 0 radical (unpaired) electrons. The number of hydrogen-bond acceptors (Lipinski definition) is 5. The highest BCUT2D eigenvalue weighted by atomic mass is 19.1. The number of rotatable bonds is 4. The third-order valence-electron chi connectivity index (χ3n) is 3.50. The predicted molar refractivity (Wildman–Crippen MR) is 79.7 cm³/mol. The van der Waals surface area contributed by atoms with E-state index in [1.807, 2.05) is 13.8 Å². The number of nitro groups is 1. The zero-order valence-electron chi connectivity index (χ0n) is 13.2. The van der Waals surface area contributed by atoms with Gasteiger partial charge in [0.1, 0.15) is 5.82 Å². The number of carbonyl (C=O) groups excluding carboxylic acids is 1. The summed E-state index contributed by atoms with van der Waals surface area (Å²) in [4.78, 5) is 24.3. The van der Waals surface area contributed by atoms with Crippen molar-refractivity contribution >= 4 is 11.6 Å². The summed E-state index contributed by atoms with van der Waals surface area (Å²) in [5, 5.41) is 11.0. The molecule has 7 nitrogen and oxygen atoms in total. The highest BCUT2D eigenvalue weighted by Crippen LogP contribution is 2.28. The lowest BCUT2D eigenvalue weighted by atomic mass is 10.2. The molecule has 0 aliphatic carbocycles. The molecule has 8 heteroatoms. The molecule has 3 atom stereocenters. The van der Waals surface area contributed by atoms with Crippen molar-refractivity contribution in [3.8, 4) is 5.75 Å². The van der Waals surface area contributed by atoms with Crippen molar-refractivity contribution < 1.29 is 23.6 Å². The summed E-state index contributed by atoms with van der Waals surface area (Å²) >= 11 is 0. The number of benzene rings is 1. The fourth-order valence-corrected chi connectivity index (χ4v) is 2.59. The highest BCUT2D eigenvalue weighted by Gasteiger charge is 2.30. The molecule has 126 valence electrons. The van der Waals surface area contributed by atoms with Crippen molar-refractivity contribution in [2.75, 3.05) is 13.1 Å². The first-order chi connectivity index (χ1) is 10.8. The Morgan fingerprint density at radius 2 is 2.04 bits per heavy atom. The fraction of sp³-hybridized carbons (Fsp3) is 0.533. The maximum Gasteiger partial charge on any atom is 0.311 e. The van der Waals surface area contributed by atoms with E-state index in [-0.39, 0.29) is 29.6 Å². The molecular weight excluding hydrogens is 307 g/mol. The van der Waals surface area contributed by atoms with Crippen LogP contribution in [0.15, 0.2) is 18.2 Å². The Kier molecular flexibility index (Phi) is 5.15. The van der Waals surface area contributed by atoms with E-state index in [1.165, 1.54) is 6.92 Å². The third kappa shape index (κ3) is 4.16. The van der Waals surface area contributed by atoms with Crippen molar-refractivity contribution in [2.45, 2.75) is 39.1 Å². The van der Waals surface area contributed by atoms with Crippen LogP contribution >= 0.6 is 0 Å². The van der Waals surface area contributed by atoms with Gasteiger partial charge < -0.3 is 14.4 Å². The maximum absolute atomic E-state index is 13.3. The lowest BCUT2D eigenvalue weighted by Crippen LogP contribution is -2.51. The summed E-state index contributed by atoms with van der Waals surface area (Å²) in [6.45, 7) is 6.05. The van der Waals surface area contributed by atoms with Crippen LogP contribution in [-0.4, -0.2) is 47.1 Å². The Morgan fingerprint density at radius 1 is 1.43 bits per heavy atom. The van der Waals surface area contributed by atoms with E-state index in [2.05, 4.69) is 0 Å². The van der Waals surface area contributed by atoms with Gasteiger partial charge in [0.05, 0.1) is 17.1 Å². The van der Waals surface area contributed by atoms with Crippen LogP contribution in [0.3, 0.4) is 0 Å². The lowest BCUT2D eigenvalue weighted by molar-refractivity contribution is -0.386. The van der Waals surface area contributed by atoms with Crippen LogP contribution in [-0.2, 0) is 9.53 Å². The van der Waals surface area contributed by atoms with Gasteiger partial charge in [-0.1, -0.05) is 0 Å². The van der Waals surface area contributed by atoms with E-state index in [0.29, 0.717) is 13.1 Å². The molecule has 1 fully saturated rings. The Labute approximate surface area is 133 Å². The third-order valence-corrected chi connectivity index (χ3v) is 3.50. The monoisotopic (exact) mass is 326 g/mol. The van der Waals surface area contributed by atoms with Gasteiger partial charge in [-0.15, -0.1) is 0 Å². The van der Waals surface area contributed by atoms with Crippen LogP contribution in [0.1, 0.15) is 20.8 Å². The quantitative estimate of drug-likeness (QED) is 0.625. The van der Waals surface area contributed by atoms with Gasteiger partial charge in [-0.25, -0.2) is 4.39 Å². The molecule has 1 aromatic carbocycles. The molecule has 0 spiro atoms. The van der Waals surface area contributed by atoms with Crippen LogP contribution < -0.4 is 4.74 Å². The van der Waals surface area contributed by atoms with Crippen LogP contribution in [0.2, 0.25) is 0 Å². The fourth-order valence-electron chi connectivity index (χ4n) is 2.59. The number of hydrogen-bond donors (Lipinski definition) is 0. The summed E-state index contributed by atoms with van der Waals surface area (Å²) in [5.74, 6) is -1.24. The molecule has 2 rings (SSSR count). The molecule has 0 aromatic heterocycles. The molecule has 1 saturated heterocycles. The predicted octanol–water partition coefficient (Wildman–Crippen LogP) is 2.14. The number of halogens is 1. The normalized spacial score (nSPS) is 22.5. The minimum absolute atomic E-state index is 0.0987. The van der Waals surface area contributed by atoms with Crippen molar-refractivity contribution in [2.24, 2.45) is 0 Å². The van der Waals surface area contributed by atoms with Gasteiger partial charge in [0.15, 0.2) is 6.10 Å². The van der Waals surface area contributed by atoms with Crippen molar-refractivity contribution in [3.05, 3.63) is 34.1 Å². The molecule has 23 heavy (non-hydrogen) atoms. The molecule has 0 saturated carbocycles. The second-order valence-corrected chi connectivity index (χ2v) is 5.63. The summed E-state index contributed by atoms with van der Waals surface area (Å²) in [6, 6.07) is 2.90.